The average molecular weight is 328 g/mol. The Labute approximate surface area is 117 Å². The molecule has 1 rings (SSSR count). The van der Waals surface area contributed by atoms with Gasteiger partial charge >= 0.3 is 6.08 Å². The summed E-state index contributed by atoms with van der Waals surface area (Å²) in [5.41, 5.74) is 0.268. The van der Waals surface area contributed by atoms with Crippen LogP contribution in [0.4, 0.5) is 13.2 Å². The van der Waals surface area contributed by atoms with Crippen molar-refractivity contribution in [1.82, 2.24) is 4.98 Å². The molecule has 0 aliphatic carbocycles. The van der Waals surface area contributed by atoms with Gasteiger partial charge in [0, 0.05) is 13.3 Å². The van der Waals surface area contributed by atoms with E-state index in [4.69, 9.17) is 0 Å². The lowest BCUT2D eigenvalue weighted by Crippen LogP contribution is -2.07. The van der Waals surface area contributed by atoms with Crippen LogP contribution in [0.15, 0.2) is 22.4 Å². The number of aromatic nitrogens is 1. The lowest BCUT2D eigenvalue weighted by atomic mass is 10.4. The summed E-state index contributed by atoms with van der Waals surface area (Å²) in [5.74, 6) is -2.57. The summed E-state index contributed by atoms with van der Waals surface area (Å²) in [4.78, 5) is 3.97. The molecular formula is C10H11F3N2O3S2. The highest BCUT2D eigenvalue weighted by atomic mass is 32.2. The molecule has 0 unspecified atom stereocenters. The minimum atomic E-state index is -3.96. The second-order valence-electron chi connectivity index (χ2n) is 3.81. The largest absolute Gasteiger partial charge is 0.624 e. The molecule has 5 nitrogen and oxygen atoms in total. The predicted molar refractivity (Wildman–Crippen MR) is 68.5 cm³/mol. The molecule has 10 heteroatoms. The highest BCUT2D eigenvalue weighted by Crippen LogP contribution is 2.22. The Kier molecular flexibility index (Phi) is 5.28. The number of hydrogen-bond acceptors (Lipinski definition) is 5. The average Bonchev–Trinajstić information content (AvgIpc) is 2.84. The Morgan fingerprint density at radius 1 is 1.45 bits per heavy atom. The van der Waals surface area contributed by atoms with E-state index in [1.807, 2.05) is 0 Å². The molecule has 0 saturated carbocycles. The monoisotopic (exact) mass is 328 g/mol. The second kappa shape index (κ2) is 6.35. The van der Waals surface area contributed by atoms with Crippen LogP contribution < -0.4 is 0 Å². The van der Waals surface area contributed by atoms with Crippen LogP contribution in [0.1, 0.15) is 18.2 Å². The van der Waals surface area contributed by atoms with E-state index in [-0.39, 0.29) is 10.1 Å². The van der Waals surface area contributed by atoms with Gasteiger partial charge in [0.15, 0.2) is 5.83 Å². The zero-order chi connectivity index (χ0) is 15.5. The van der Waals surface area contributed by atoms with Gasteiger partial charge in [0.2, 0.25) is 19.9 Å². The van der Waals surface area contributed by atoms with E-state index >= 15 is 0 Å². The maximum absolute atomic E-state index is 12.6. The molecule has 0 N–H and O–H groups in total. The van der Waals surface area contributed by atoms with Crippen LogP contribution in [-0.2, 0) is 9.84 Å². The van der Waals surface area contributed by atoms with E-state index in [0.717, 1.165) is 11.3 Å². The molecule has 0 aliphatic rings. The molecular weight excluding hydrogens is 317 g/mol. The standard InChI is InChI=1S/C10H11F3N2O3S2/c1-6(15(2)16)8-5-14-10(19-8)20(17,18)4-3-7(11)9(12)13/h5H,3-4H2,1-2H3/b15-6-. The van der Waals surface area contributed by atoms with Gasteiger partial charge in [-0.1, -0.05) is 11.3 Å². The predicted octanol–water partition coefficient (Wildman–Crippen LogP) is 2.33. The van der Waals surface area contributed by atoms with Gasteiger partial charge in [0.1, 0.15) is 11.9 Å². The molecule has 0 atom stereocenters. The summed E-state index contributed by atoms with van der Waals surface area (Å²) in [6.07, 6.45) is -2.25. The highest BCUT2D eigenvalue weighted by molar-refractivity contribution is 7.93. The van der Waals surface area contributed by atoms with Gasteiger partial charge in [-0.3, -0.25) is 0 Å². The van der Waals surface area contributed by atoms with Crippen LogP contribution in [0.3, 0.4) is 0 Å². The van der Waals surface area contributed by atoms with E-state index in [2.05, 4.69) is 4.98 Å². The van der Waals surface area contributed by atoms with Crippen molar-refractivity contribution in [3.05, 3.63) is 28.2 Å². The summed E-state index contributed by atoms with van der Waals surface area (Å²) in [6, 6.07) is 0. The number of sulfone groups is 1. The Morgan fingerprint density at radius 3 is 2.55 bits per heavy atom. The van der Waals surface area contributed by atoms with Crippen molar-refractivity contribution >= 4 is 26.9 Å². The quantitative estimate of drug-likeness (QED) is 0.360. The first-order valence-electron chi connectivity index (χ1n) is 5.28. The molecule has 20 heavy (non-hydrogen) atoms. The fraction of sp³-hybridized carbons (Fsp3) is 0.400. The Balaban J connectivity index is 2.96. The summed E-state index contributed by atoms with van der Waals surface area (Å²) in [7, 11) is -2.72. The van der Waals surface area contributed by atoms with Gasteiger partial charge in [-0.25, -0.2) is 22.5 Å². The van der Waals surface area contributed by atoms with Crippen molar-refractivity contribution in [3.8, 4) is 0 Å². The third-order valence-electron chi connectivity index (χ3n) is 2.37. The van der Waals surface area contributed by atoms with E-state index in [1.165, 1.54) is 20.2 Å². The van der Waals surface area contributed by atoms with E-state index in [1.54, 1.807) is 0 Å². The van der Waals surface area contributed by atoms with Gasteiger partial charge in [0.05, 0.1) is 11.9 Å². The van der Waals surface area contributed by atoms with Crippen LogP contribution in [-0.4, -0.2) is 36.7 Å². The van der Waals surface area contributed by atoms with Crippen molar-refractivity contribution in [3.63, 3.8) is 0 Å². The molecule has 0 aliphatic heterocycles. The third kappa shape index (κ3) is 4.04. The topological polar surface area (TPSA) is 73.1 Å². The number of halogens is 3. The van der Waals surface area contributed by atoms with Crippen molar-refractivity contribution in [2.24, 2.45) is 0 Å². The molecule has 0 fully saturated rings. The van der Waals surface area contributed by atoms with Crippen LogP contribution in [0.5, 0.6) is 0 Å². The Bertz CT molecular complexity index is 657. The van der Waals surface area contributed by atoms with Crippen LogP contribution >= 0.6 is 11.3 Å². The van der Waals surface area contributed by atoms with Gasteiger partial charge < -0.3 is 5.21 Å². The van der Waals surface area contributed by atoms with Crippen molar-refractivity contribution in [1.29, 1.82) is 0 Å². The van der Waals surface area contributed by atoms with E-state index in [0.29, 0.717) is 9.62 Å². The molecule has 0 amide bonds. The number of rotatable bonds is 5. The second-order valence-corrected chi connectivity index (χ2v) is 7.12. The first-order valence-corrected chi connectivity index (χ1v) is 7.75. The number of allylic oxidation sites excluding steroid dienone is 1. The maximum Gasteiger partial charge on any atom is 0.301 e. The zero-order valence-electron chi connectivity index (χ0n) is 10.6. The molecule has 0 bridgehead atoms. The molecule has 0 radical (unpaired) electrons. The first kappa shape index (κ1) is 16.6. The van der Waals surface area contributed by atoms with Crippen molar-refractivity contribution < 1.29 is 26.3 Å². The molecule has 0 spiro atoms. The molecule has 0 saturated heterocycles. The Morgan fingerprint density at radius 2 is 2.05 bits per heavy atom. The van der Waals surface area contributed by atoms with E-state index in [9.17, 15) is 26.8 Å². The summed E-state index contributed by atoms with van der Waals surface area (Å²) in [5, 5.41) is 11.1. The van der Waals surface area contributed by atoms with Gasteiger partial charge in [0.25, 0.3) is 0 Å². The normalized spacial score (nSPS) is 13.1. The lowest BCUT2D eigenvalue weighted by Gasteiger charge is -1.99. The third-order valence-corrected chi connectivity index (χ3v) is 5.67. The maximum atomic E-state index is 12.6. The molecule has 0 aromatic carbocycles. The van der Waals surface area contributed by atoms with Crippen LogP contribution in [0.2, 0.25) is 0 Å². The molecule has 112 valence electrons. The van der Waals surface area contributed by atoms with Crippen LogP contribution in [0.25, 0.3) is 0 Å². The van der Waals surface area contributed by atoms with E-state index < -0.39 is 33.9 Å². The Hall–Kier alpha value is -1.42. The van der Waals surface area contributed by atoms with Gasteiger partial charge in [-0.15, -0.1) is 0 Å². The highest BCUT2D eigenvalue weighted by Gasteiger charge is 2.22. The molecule has 1 heterocycles. The summed E-state index contributed by atoms with van der Waals surface area (Å²) >= 11 is 0.733. The zero-order valence-corrected chi connectivity index (χ0v) is 12.2. The number of thiazole rings is 1. The number of hydroxylamine groups is 1. The van der Waals surface area contributed by atoms with Gasteiger partial charge in [-0.05, 0) is 0 Å². The molecule has 1 aromatic rings. The minimum absolute atomic E-state index is 0.268. The fourth-order valence-corrected chi connectivity index (χ4v) is 3.67. The lowest BCUT2D eigenvalue weighted by molar-refractivity contribution is -0.422. The van der Waals surface area contributed by atoms with Crippen molar-refractivity contribution in [2.75, 3.05) is 12.8 Å². The smallest absolute Gasteiger partial charge is 0.301 e. The number of hydrogen-bond donors (Lipinski definition) is 0. The molecule has 1 aromatic heterocycles. The first-order chi connectivity index (χ1) is 9.15. The number of nitrogens with zero attached hydrogens (tertiary/aromatic N) is 2. The van der Waals surface area contributed by atoms with Gasteiger partial charge in [-0.2, -0.15) is 8.78 Å². The summed E-state index contributed by atoms with van der Waals surface area (Å²) in [6.45, 7) is 1.48. The van der Waals surface area contributed by atoms with Crippen molar-refractivity contribution in [2.45, 2.75) is 17.7 Å². The minimum Gasteiger partial charge on any atom is -0.624 e. The summed E-state index contributed by atoms with van der Waals surface area (Å²) < 4.78 is 60.1. The SMILES string of the molecule is C/C(c1cnc(S(=O)(=O)CCC(F)=C(F)F)s1)=[N+](\C)[O-]. The van der Waals surface area contributed by atoms with Crippen LogP contribution in [0, 0.1) is 5.21 Å². The fourth-order valence-electron chi connectivity index (χ4n) is 1.13.